The van der Waals surface area contributed by atoms with E-state index in [0.29, 0.717) is 54.8 Å². The highest BCUT2D eigenvalue weighted by molar-refractivity contribution is 7.99. The fraction of sp³-hybridized carbons (Fsp3) is 0.185. The molecule has 10 heteroatoms. The number of benzene rings is 3. The molecule has 1 fully saturated rings. The number of para-hydroxylation sites is 2. The molecular formula is C27H26N6O3S. The average Bonchev–Trinajstić information content (AvgIpc) is 2.94. The third kappa shape index (κ3) is 7.18. The summed E-state index contributed by atoms with van der Waals surface area (Å²) in [6.07, 6.45) is 0. The van der Waals surface area contributed by atoms with Crippen molar-refractivity contribution in [2.75, 3.05) is 47.6 Å². The minimum atomic E-state index is -0.160. The summed E-state index contributed by atoms with van der Waals surface area (Å²) in [6.45, 7) is 2.63. The lowest BCUT2D eigenvalue weighted by atomic mass is 10.3. The van der Waals surface area contributed by atoms with E-state index >= 15 is 0 Å². The molecule has 1 saturated heterocycles. The zero-order valence-corrected chi connectivity index (χ0v) is 20.9. The third-order valence-electron chi connectivity index (χ3n) is 5.38. The minimum Gasteiger partial charge on any atom is -0.457 e. The van der Waals surface area contributed by atoms with E-state index in [9.17, 15) is 4.79 Å². The van der Waals surface area contributed by atoms with Crippen LogP contribution in [-0.2, 0) is 9.53 Å². The Morgan fingerprint density at radius 3 is 2.24 bits per heavy atom. The first kappa shape index (κ1) is 24.5. The molecular weight excluding hydrogens is 488 g/mol. The van der Waals surface area contributed by atoms with Gasteiger partial charge in [-0.2, -0.15) is 15.0 Å². The van der Waals surface area contributed by atoms with E-state index in [-0.39, 0.29) is 11.7 Å². The van der Waals surface area contributed by atoms with Gasteiger partial charge in [-0.3, -0.25) is 4.79 Å². The number of hydrogen-bond donors (Lipinski definition) is 2. The van der Waals surface area contributed by atoms with Crippen molar-refractivity contribution in [2.45, 2.75) is 5.16 Å². The molecule has 0 unspecified atom stereocenters. The van der Waals surface area contributed by atoms with Gasteiger partial charge in [0.05, 0.1) is 19.0 Å². The Morgan fingerprint density at radius 2 is 1.51 bits per heavy atom. The van der Waals surface area contributed by atoms with Crippen LogP contribution in [0.25, 0.3) is 0 Å². The number of ether oxygens (including phenoxy) is 2. The van der Waals surface area contributed by atoms with Gasteiger partial charge in [0.2, 0.25) is 17.8 Å². The molecule has 1 aliphatic heterocycles. The molecule has 0 bridgehead atoms. The Kier molecular flexibility index (Phi) is 8.09. The largest absolute Gasteiger partial charge is 0.457 e. The van der Waals surface area contributed by atoms with Crippen molar-refractivity contribution in [3.63, 3.8) is 0 Å². The summed E-state index contributed by atoms with van der Waals surface area (Å²) in [4.78, 5) is 28.4. The van der Waals surface area contributed by atoms with E-state index in [0.717, 1.165) is 11.4 Å². The quantitative estimate of drug-likeness (QED) is 0.300. The predicted molar refractivity (Wildman–Crippen MR) is 145 cm³/mol. The van der Waals surface area contributed by atoms with Crippen LogP contribution in [0.5, 0.6) is 11.5 Å². The topological polar surface area (TPSA) is 102 Å². The zero-order valence-electron chi connectivity index (χ0n) is 20.0. The van der Waals surface area contributed by atoms with Gasteiger partial charge in [0.1, 0.15) is 11.5 Å². The molecule has 37 heavy (non-hydrogen) atoms. The van der Waals surface area contributed by atoms with E-state index in [1.807, 2.05) is 84.9 Å². The van der Waals surface area contributed by atoms with Crippen LogP contribution in [0, 0.1) is 0 Å². The SMILES string of the molecule is O=C(CSc1nc(Nc2ccccc2)nc(N2CCOCC2)n1)Nc1ccc(Oc2ccccc2)cc1. The normalized spacial score (nSPS) is 13.1. The lowest BCUT2D eigenvalue weighted by molar-refractivity contribution is -0.113. The Morgan fingerprint density at radius 1 is 0.838 bits per heavy atom. The summed E-state index contributed by atoms with van der Waals surface area (Å²) < 4.78 is 11.3. The standard InChI is InChI=1S/C27H26N6O3S/c34-24(28-21-11-13-23(14-12-21)36-22-9-5-2-6-10-22)19-37-27-31-25(29-20-7-3-1-4-8-20)30-26(32-27)33-15-17-35-18-16-33/h1-14H,15-19H2,(H,28,34)(H,29,30,31,32). The molecule has 3 aromatic carbocycles. The number of amides is 1. The van der Waals surface area contributed by atoms with E-state index in [1.165, 1.54) is 11.8 Å². The van der Waals surface area contributed by atoms with Gasteiger partial charge in [-0.1, -0.05) is 48.2 Å². The summed E-state index contributed by atoms with van der Waals surface area (Å²) in [5, 5.41) is 6.60. The van der Waals surface area contributed by atoms with Gasteiger partial charge in [0.25, 0.3) is 0 Å². The van der Waals surface area contributed by atoms with Gasteiger partial charge in [-0.05, 0) is 48.5 Å². The first-order chi connectivity index (χ1) is 18.2. The van der Waals surface area contributed by atoms with E-state index < -0.39 is 0 Å². The highest BCUT2D eigenvalue weighted by Crippen LogP contribution is 2.24. The first-order valence-corrected chi connectivity index (χ1v) is 12.9. The van der Waals surface area contributed by atoms with Crippen molar-refractivity contribution in [1.82, 2.24) is 15.0 Å². The number of aromatic nitrogens is 3. The number of rotatable bonds is 9. The molecule has 4 aromatic rings. The number of morpholine rings is 1. The fourth-order valence-corrected chi connectivity index (χ4v) is 4.21. The van der Waals surface area contributed by atoms with Crippen molar-refractivity contribution < 1.29 is 14.3 Å². The number of anilines is 4. The summed E-state index contributed by atoms with van der Waals surface area (Å²) >= 11 is 1.26. The number of nitrogens with zero attached hydrogens (tertiary/aromatic N) is 4. The van der Waals surface area contributed by atoms with Crippen LogP contribution in [0.1, 0.15) is 0 Å². The van der Waals surface area contributed by atoms with E-state index in [4.69, 9.17) is 9.47 Å². The second-order valence-electron chi connectivity index (χ2n) is 8.11. The molecule has 0 saturated carbocycles. The molecule has 1 amide bonds. The molecule has 2 heterocycles. The molecule has 9 nitrogen and oxygen atoms in total. The molecule has 2 N–H and O–H groups in total. The van der Waals surface area contributed by atoms with Crippen LogP contribution in [-0.4, -0.2) is 52.9 Å². The molecule has 0 atom stereocenters. The number of thioether (sulfide) groups is 1. The van der Waals surface area contributed by atoms with Gasteiger partial charge >= 0.3 is 0 Å². The predicted octanol–water partition coefficient (Wildman–Crippen LogP) is 4.97. The Balaban J connectivity index is 1.22. The second-order valence-corrected chi connectivity index (χ2v) is 9.05. The average molecular weight is 515 g/mol. The monoisotopic (exact) mass is 514 g/mol. The number of carbonyl (C=O) groups excluding carboxylic acids is 1. The molecule has 0 spiro atoms. The maximum Gasteiger partial charge on any atom is 0.234 e. The lowest BCUT2D eigenvalue weighted by Crippen LogP contribution is -2.37. The molecule has 1 aliphatic rings. The molecule has 0 radical (unpaired) electrons. The highest BCUT2D eigenvalue weighted by Gasteiger charge is 2.17. The van der Waals surface area contributed by atoms with E-state index in [2.05, 4.69) is 30.5 Å². The zero-order chi connectivity index (χ0) is 25.3. The van der Waals surface area contributed by atoms with Crippen molar-refractivity contribution >= 4 is 40.9 Å². The number of nitrogens with one attached hydrogen (secondary N) is 2. The highest BCUT2D eigenvalue weighted by atomic mass is 32.2. The van der Waals surface area contributed by atoms with Crippen molar-refractivity contribution in [3.05, 3.63) is 84.9 Å². The van der Waals surface area contributed by atoms with Crippen LogP contribution >= 0.6 is 11.8 Å². The van der Waals surface area contributed by atoms with Crippen LogP contribution < -0.4 is 20.3 Å². The van der Waals surface area contributed by atoms with Gasteiger partial charge in [-0.25, -0.2) is 0 Å². The van der Waals surface area contributed by atoms with Crippen LogP contribution in [0.3, 0.4) is 0 Å². The second kappa shape index (κ2) is 12.2. The Hall–Kier alpha value is -4.15. The summed E-state index contributed by atoms with van der Waals surface area (Å²) in [5.41, 5.74) is 1.55. The summed E-state index contributed by atoms with van der Waals surface area (Å²) in [6, 6.07) is 26.5. The Labute approximate surface area is 219 Å². The van der Waals surface area contributed by atoms with Gasteiger partial charge < -0.3 is 25.0 Å². The number of carbonyl (C=O) groups is 1. The molecule has 1 aromatic heterocycles. The smallest absolute Gasteiger partial charge is 0.234 e. The molecule has 188 valence electrons. The fourth-order valence-electron chi connectivity index (χ4n) is 3.58. The van der Waals surface area contributed by atoms with Crippen molar-refractivity contribution in [1.29, 1.82) is 0 Å². The van der Waals surface area contributed by atoms with Gasteiger partial charge in [-0.15, -0.1) is 0 Å². The van der Waals surface area contributed by atoms with Crippen molar-refractivity contribution in [2.24, 2.45) is 0 Å². The third-order valence-corrected chi connectivity index (χ3v) is 6.22. The van der Waals surface area contributed by atoms with Crippen LogP contribution in [0.2, 0.25) is 0 Å². The summed E-state index contributed by atoms with van der Waals surface area (Å²) in [5.74, 6) is 2.43. The molecule has 5 rings (SSSR count). The van der Waals surface area contributed by atoms with Gasteiger partial charge in [0, 0.05) is 24.5 Å². The van der Waals surface area contributed by atoms with Crippen molar-refractivity contribution in [3.8, 4) is 11.5 Å². The molecule has 0 aliphatic carbocycles. The minimum absolute atomic E-state index is 0.152. The summed E-state index contributed by atoms with van der Waals surface area (Å²) in [7, 11) is 0. The Bertz CT molecular complexity index is 1300. The number of hydrogen-bond acceptors (Lipinski definition) is 9. The van der Waals surface area contributed by atoms with Gasteiger partial charge in [0.15, 0.2) is 5.16 Å². The maximum atomic E-state index is 12.6. The van der Waals surface area contributed by atoms with E-state index in [1.54, 1.807) is 0 Å². The lowest BCUT2D eigenvalue weighted by Gasteiger charge is -2.27. The van der Waals surface area contributed by atoms with Crippen LogP contribution in [0.4, 0.5) is 23.3 Å². The maximum absolute atomic E-state index is 12.6. The van der Waals surface area contributed by atoms with Crippen LogP contribution in [0.15, 0.2) is 90.1 Å². The first-order valence-electron chi connectivity index (χ1n) is 11.9.